The summed E-state index contributed by atoms with van der Waals surface area (Å²) < 4.78 is 12.4. The number of nitrogens with one attached hydrogen (secondary N) is 1. The predicted molar refractivity (Wildman–Crippen MR) is 119 cm³/mol. The number of H-pyrrole nitrogens is 1. The van der Waals surface area contributed by atoms with Crippen molar-refractivity contribution in [3.63, 3.8) is 0 Å². The van der Waals surface area contributed by atoms with Crippen molar-refractivity contribution in [1.29, 1.82) is 5.26 Å². The first-order valence-corrected chi connectivity index (χ1v) is 12.1. The van der Waals surface area contributed by atoms with Gasteiger partial charge in [0.05, 0.1) is 29.1 Å². The number of aromatic nitrogens is 1. The van der Waals surface area contributed by atoms with Gasteiger partial charge in [-0.05, 0) is 40.9 Å². The van der Waals surface area contributed by atoms with Gasteiger partial charge in [-0.1, -0.05) is 41.5 Å². The summed E-state index contributed by atoms with van der Waals surface area (Å²) in [5.74, 6) is 1.54. The monoisotopic (exact) mass is 394 g/mol. The van der Waals surface area contributed by atoms with Crippen LogP contribution in [-0.4, -0.2) is 20.4 Å². The third-order valence-electron chi connectivity index (χ3n) is 6.01. The number of aromatic amines is 1. The molecule has 3 rings (SSSR count). The van der Waals surface area contributed by atoms with E-state index in [9.17, 15) is 5.26 Å². The molecular weight excluding hydrogens is 364 g/mol. The molecular formula is C23H30N2O2Si. The van der Waals surface area contributed by atoms with Crippen molar-refractivity contribution < 1.29 is 9.16 Å². The standard InChI is InChI=1S/C23H30N2O2Si/c1-14(2)28(15(3)4,16(5)6)27-18-9-10-19-21(12-18)25-20-11-8-17(13-24)23(26-7)22(19)20/h8-12,14-16,25H,1-7H3. The van der Waals surface area contributed by atoms with Crippen LogP contribution in [0.2, 0.25) is 16.6 Å². The second kappa shape index (κ2) is 7.52. The first-order chi connectivity index (χ1) is 13.3. The summed E-state index contributed by atoms with van der Waals surface area (Å²) >= 11 is 0. The number of rotatable bonds is 6. The van der Waals surface area contributed by atoms with Gasteiger partial charge in [-0.3, -0.25) is 0 Å². The fourth-order valence-corrected chi connectivity index (χ4v) is 10.1. The van der Waals surface area contributed by atoms with Crippen LogP contribution in [0.4, 0.5) is 0 Å². The van der Waals surface area contributed by atoms with E-state index in [0.717, 1.165) is 27.6 Å². The molecule has 0 aliphatic carbocycles. The van der Waals surface area contributed by atoms with Crippen molar-refractivity contribution in [2.24, 2.45) is 0 Å². The highest BCUT2D eigenvalue weighted by Crippen LogP contribution is 2.44. The smallest absolute Gasteiger partial charge is 0.258 e. The van der Waals surface area contributed by atoms with Crippen molar-refractivity contribution in [2.45, 2.75) is 58.2 Å². The molecule has 0 fully saturated rings. The molecule has 0 bridgehead atoms. The lowest BCUT2D eigenvalue weighted by molar-refractivity contribution is 0.419. The Balaban J connectivity index is 2.15. The van der Waals surface area contributed by atoms with E-state index < -0.39 is 8.32 Å². The minimum absolute atomic E-state index is 0.518. The fourth-order valence-electron chi connectivity index (χ4n) is 4.87. The van der Waals surface area contributed by atoms with E-state index in [0.29, 0.717) is 27.9 Å². The maximum Gasteiger partial charge on any atom is 0.258 e. The SMILES string of the molecule is COc1c(C#N)ccc2[nH]c3cc(O[Si](C(C)C)(C(C)C)C(C)C)ccc3c12. The van der Waals surface area contributed by atoms with E-state index in [4.69, 9.17) is 9.16 Å². The molecule has 4 nitrogen and oxygen atoms in total. The highest BCUT2D eigenvalue weighted by Gasteiger charge is 2.47. The second-order valence-electron chi connectivity index (χ2n) is 8.43. The first-order valence-electron chi connectivity index (χ1n) is 9.97. The highest BCUT2D eigenvalue weighted by molar-refractivity contribution is 6.78. The number of hydrogen-bond acceptors (Lipinski definition) is 3. The van der Waals surface area contributed by atoms with E-state index in [1.165, 1.54) is 0 Å². The summed E-state index contributed by atoms with van der Waals surface area (Å²) in [5, 5.41) is 11.4. The van der Waals surface area contributed by atoms with Gasteiger partial charge in [0, 0.05) is 11.5 Å². The molecule has 0 saturated carbocycles. The average Bonchev–Trinajstić information content (AvgIpc) is 3.01. The van der Waals surface area contributed by atoms with Crippen LogP contribution >= 0.6 is 0 Å². The Hall–Kier alpha value is -2.45. The highest BCUT2D eigenvalue weighted by atomic mass is 28.4. The third kappa shape index (κ3) is 3.06. The van der Waals surface area contributed by atoms with Gasteiger partial charge in [0.1, 0.15) is 17.6 Å². The van der Waals surface area contributed by atoms with E-state index in [1.54, 1.807) is 13.2 Å². The number of fused-ring (bicyclic) bond motifs is 3. The van der Waals surface area contributed by atoms with Gasteiger partial charge < -0.3 is 14.1 Å². The molecule has 0 aliphatic heterocycles. The summed E-state index contributed by atoms with van der Waals surface area (Å²) in [6.45, 7) is 13.8. The molecule has 0 aliphatic rings. The molecule has 0 saturated heterocycles. The van der Waals surface area contributed by atoms with E-state index in [-0.39, 0.29) is 0 Å². The normalized spacial score (nSPS) is 12.3. The second-order valence-corrected chi connectivity index (χ2v) is 13.8. The largest absolute Gasteiger partial charge is 0.543 e. The Bertz CT molecular complexity index is 1020. The molecule has 3 aromatic rings. The van der Waals surface area contributed by atoms with Gasteiger partial charge in [0.2, 0.25) is 0 Å². The minimum Gasteiger partial charge on any atom is -0.543 e. The zero-order valence-corrected chi connectivity index (χ0v) is 18.9. The summed E-state index contributed by atoms with van der Waals surface area (Å²) in [7, 11) is -0.398. The van der Waals surface area contributed by atoms with Gasteiger partial charge in [-0.25, -0.2) is 0 Å². The average molecular weight is 395 g/mol. The van der Waals surface area contributed by atoms with E-state index in [2.05, 4.69) is 70.8 Å². The Morgan fingerprint density at radius 3 is 2.11 bits per heavy atom. The lowest BCUT2D eigenvalue weighted by Crippen LogP contribution is -2.50. The molecule has 0 radical (unpaired) electrons. The predicted octanol–water partition coefficient (Wildman–Crippen LogP) is 6.76. The maximum atomic E-state index is 9.39. The molecule has 0 amide bonds. The van der Waals surface area contributed by atoms with Crippen LogP contribution in [0.15, 0.2) is 30.3 Å². The quantitative estimate of drug-likeness (QED) is 0.470. The van der Waals surface area contributed by atoms with E-state index in [1.807, 2.05) is 6.07 Å². The van der Waals surface area contributed by atoms with Gasteiger partial charge in [0.15, 0.2) is 0 Å². The number of nitriles is 1. The molecule has 0 spiro atoms. The van der Waals surface area contributed by atoms with Crippen LogP contribution in [-0.2, 0) is 0 Å². The van der Waals surface area contributed by atoms with Crippen molar-refractivity contribution in [3.05, 3.63) is 35.9 Å². The van der Waals surface area contributed by atoms with Gasteiger partial charge >= 0.3 is 0 Å². The van der Waals surface area contributed by atoms with Gasteiger partial charge in [0.25, 0.3) is 8.32 Å². The van der Waals surface area contributed by atoms with Crippen LogP contribution in [0.5, 0.6) is 11.5 Å². The maximum absolute atomic E-state index is 9.39. The third-order valence-corrected chi connectivity index (χ3v) is 12.0. The summed E-state index contributed by atoms with van der Waals surface area (Å²) in [6.07, 6.45) is 0. The number of benzene rings is 2. The minimum atomic E-state index is -2.01. The van der Waals surface area contributed by atoms with Gasteiger partial charge in [-0.15, -0.1) is 0 Å². The molecule has 1 aromatic heterocycles. The van der Waals surface area contributed by atoms with Crippen LogP contribution in [0, 0.1) is 11.3 Å². The zero-order chi connectivity index (χ0) is 20.6. The zero-order valence-electron chi connectivity index (χ0n) is 17.9. The summed E-state index contributed by atoms with van der Waals surface area (Å²) in [6, 6.07) is 12.2. The lowest BCUT2D eigenvalue weighted by Gasteiger charge is -2.42. The molecule has 5 heteroatoms. The molecule has 0 atom stereocenters. The number of methoxy groups -OCH3 is 1. The number of hydrogen-bond donors (Lipinski definition) is 1. The Kier molecular flexibility index (Phi) is 5.45. The molecule has 0 unspecified atom stereocenters. The molecule has 148 valence electrons. The summed E-state index contributed by atoms with van der Waals surface area (Å²) in [4.78, 5) is 3.46. The van der Waals surface area contributed by atoms with Crippen LogP contribution in [0.3, 0.4) is 0 Å². The fraction of sp³-hybridized carbons (Fsp3) is 0.435. The lowest BCUT2D eigenvalue weighted by atomic mass is 10.1. The number of ether oxygens (including phenoxy) is 1. The Labute approximate surface area is 168 Å². The Morgan fingerprint density at radius 2 is 1.57 bits per heavy atom. The summed E-state index contributed by atoms with van der Waals surface area (Å²) in [5.41, 5.74) is 4.06. The van der Waals surface area contributed by atoms with Crippen molar-refractivity contribution >= 4 is 30.1 Å². The molecule has 1 N–H and O–H groups in total. The van der Waals surface area contributed by atoms with Gasteiger partial charge in [-0.2, -0.15) is 5.26 Å². The number of nitrogens with zero attached hydrogens (tertiary/aromatic N) is 1. The van der Waals surface area contributed by atoms with Crippen molar-refractivity contribution in [2.75, 3.05) is 7.11 Å². The van der Waals surface area contributed by atoms with Crippen molar-refractivity contribution in [1.82, 2.24) is 4.98 Å². The topological polar surface area (TPSA) is 58.0 Å². The Morgan fingerprint density at radius 1 is 0.929 bits per heavy atom. The van der Waals surface area contributed by atoms with Crippen LogP contribution in [0.1, 0.15) is 47.1 Å². The molecule has 1 heterocycles. The van der Waals surface area contributed by atoms with E-state index >= 15 is 0 Å². The molecule has 28 heavy (non-hydrogen) atoms. The van der Waals surface area contributed by atoms with Crippen molar-refractivity contribution in [3.8, 4) is 17.6 Å². The van der Waals surface area contributed by atoms with Crippen LogP contribution < -0.4 is 9.16 Å². The first kappa shape index (κ1) is 20.3. The molecule has 2 aromatic carbocycles. The van der Waals surface area contributed by atoms with Crippen LogP contribution in [0.25, 0.3) is 21.8 Å².